The van der Waals surface area contributed by atoms with Gasteiger partial charge < -0.3 is 4.98 Å². The molecule has 1 N–H and O–H groups in total. The number of pyridine rings is 1. The summed E-state index contributed by atoms with van der Waals surface area (Å²) in [7, 11) is 0. The summed E-state index contributed by atoms with van der Waals surface area (Å²) >= 11 is 0. The molecule has 0 amide bonds. The summed E-state index contributed by atoms with van der Waals surface area (Å²) in [6, 6.07) is 9.88. The lowest BCUT2D eigenvalue weighted by Crippen LogP contribution is -2.02. The first-order valence-corrected chi connectivity index (χ1v) is 6.45. The topological polar surface area (TPSA) is 32.9 Å². The summed E-state index contributed by atoms with van der Waals surface area (Å²) in [5.74, 6) is 0.773. The molecule has 0 radical (unpaired) electrons. The number of aromatic nitrogens is 1. The third kappa shape index (κ3) is 2.10. The van der Waals surface area contributed by atoms with Crippen molar-refractivity contribution in [3.05, 3.63) is 57.4 Å². The minimum atomic E-state index is 0.0620. The first-order valence-electron chi connectivity index (χ1n) is 6.45. The molecule has 0 unspecified atom stereocenters. The third-order valence-corrected chi connectivity index (χ3v) is 3.57. The van der Waals surface area contributed by atoms with Gasteiger partial charge in [0.25, 0.3) is 0 Å². The lowest BCUT2D eigenvalue weighted by Gasteiger charge is -2.09. The van der Waals surface area contributed by atoms with Crippen molar-refractivity contribution in [2.24, 2.45) is 0 Å². The van der Waals surface area contributed by atoms with E-state index < -0.39 is 0 Å². The molecule has 1 aromatic carbocycles. The summed E-state index contributed by atoms with van der Waals surface area (Å²) in [6.45, 7) is 4.03. The van der Waals surface area contributed by atoms with Crippen molar-refractivity contribution in [3.8, 4) is 11.3 Å². The molecule has 92 valence electrons. The van der Waals surface area contributed by atoms with E-state index in [1.165, 1.54) is 24.0 Å². The summed E-state index contributed by atoms with van der Waals surface area (Å²) in [4.78, 5) is 14.8. The summed E-state index contributed by atoms with van der Waals surface area (Å²) < 4.78 is 0. The Labute approximate surface area is 107 Å². The number of H-pyrrole nitrogens is 1. The highest BCUT2D eigenvalue weighted by Crippen LogP contribution is 2.41. The maximum absolute atomic E-state index is 11.6. The molecular formula is C16H17NO. The van der Waals surface area contributed by atoms with Crippen LogP contribution in [0, 0.1) is 13.8 Å². The molecule has 1 heterocycles. The average Bonchev–Trinajstić information content (AvgIpc) is 3.11. The van der Waals surface area contributed by atoms with Crippen LogP contribution in [0.1, 0.15) is 35.6 Å². The van der Waals surface area contributed by atoms with Gasteiger partial charge in [0.05, 0.1) is 0 Å². The molecule has 0 bridgehead atoms. The predicted octanol–water partition coefficient (Wildman–Crippen LogP) is 3.54. The molecule has 0 saturated heterocycles. The van der Waals surface area contributed by atoms with Gasteiger partial charge >= 0.3 is 0 Å². The quantitative estimate of drug-likeness (QED) is 0.854. The van der Waals surface area contributed by atoms with Crippen LogP contribution in [0.25, 0.3) is 11.3 Å². The molecule has 1 aliphatic carbocycles. The van der Waals surface area contributed by atoms with Gasteiger partial charge in [-0.3, -0.25) is 4.79 Å². The standard InChI is InChI=1S/C16H17NO/c1-10-7-13(12-3-4-12)5-6-15(10)16-9-14(18)8-11(2)17-16/h5-9,12H,3-4H2,1-2H3,(H,17,18). The van der Waals surface area contributed by atoms with Crippen molar-refractivity contribution < 1.29 is 0 Å². The molecule has 1 aliphatic rings. The molecule has 1 fully saturated rings. The van der Waals surface area contributed by atoms with Crippen molar-refractivity contribution >= 4 is 0 Å². The highest BCUT2D eigenvalue weighted by molar-refractivity contribution is 5.64. The van der Waals surface area contributed by atoms with E-state index in [4.69, 9.17) is 0 Å². The van der Waals surface area contributed by atoms with E-state index in [2.05, 4.69) is 30.1 Å². The number of hydrogen-bond donors (Lipinski definition) is 1. The van der Waals surface area contributed by atoms with Crippen molar-refractivity contribution in [1.82, 2.24) is 4.98 Å². The lowest BCUT2D eigenvalue weighted by molar-refractivity contribution is 1.12. The Morgan fingerprint density at radius 2 is 1.89 bits per heavy atom. The number of hydrogen-bond acceptors (Lipinski definition) is 1. The molecule has 0 aliphatic heterocycles. The van der Waals surface area contributed by atoms with E-state index >= 15 is 0 Å². The van der Waals surface area contributed by atoms with E-state index in [1.54, 1.807) is 12.1 Å². The number of rotatable bonds is 2. The van der Waals surface area contributed by atoms with Crippen molar-refractivity contribution in [3.63, 3.8) is 0 Å². The van der Waals surface area contributed by atoms with Gasteiger partial charge in [-0.25, -0.2) is 0 Å². The maximum Gasteiger partial charge on any atom is 0.182 e. The Balaban J connectivity index is 2.07. The Bertz CT molecular complexity index is 650. The zero-order chi connectivity index (χ0) is 12.7. The summed E-state index contributed by atoms with van der Waals surface area (Å²) in [5, 5.41) is 0. The molecule has 1 saturated carbocycles. The van der Waals surface area contributed by atoms with Gasteiger partial charge in [-0.1, -0.05) is 18.2 Å². The predicted molar refractivity (Wildman–Crippen MR) is 73.9 cm³/mol. The van der Waals surface area contributed by atoms with Crippen molar-refractivity contribution in [2.75, 3.05) is 0 Å². The summed E-state index contributed by atoms with van der Waals surface area (Å²) in [6.07, 6.45) is 2.64. The number of benzene rings is 1. The van der Waals surface area contributed by atoms with E-state index in [1.807, 2.05) is 6.92 Å². The number of nitrogens with one attached hydrogen (secondary N) is 1. The van der Waals surface area contributed by atoms with Crippen LogP contribution in [0.2, 0.25) is 0 Å². The monoisotopic (exact) mass is 239 g/mol. The van der Waals surface area contributed by atoms with Gasteiger partial charge in [0, 0.05) is 29.1 Å². The molecular weight excluding hydrogens is 222 g/mol. The van der Waals surface area contributed by atoms with E-state index in [-0.39, 0.29) is 5.43 Å². The fourth-order valence-electron chi connectivity index (χ4n) is 2.49. The highest BCUT2D eigenvalue weighted by Gasteiger charge is 2.23. The number of aryl methyl sites for hydroxylation is 2. The van der Waals surface area contributed by atoms with Gasteiger partial charge in [0.1, 0.15) is 0 Å². The molecule has 18 heavy (non-hydrogen) atoms. The van der Waals surface area contributed by atoms with Crippen LogP contribution in [0.5, 0.6) is 0 Å². The first kappa shape index (κ1) is 11.3. The maximum atomic E-state index is 11.6. The van der Waals surface area contributed by atoms with Crippen LogP contribution < -0.4 is 5.43 Å². The Morgan fingerprint density at radius 1 is 1.11 bits per heavy atom. The minimum absolute atomic E-state index is 0.0620. The van der Waals surface area contributed by atoms with Gasteiger partial charge in [0.2, 0.25) is 0 Å². The molecule has 0 spiro atoms. The van der Waals surface area contributed by atoms with Crippen LogP contribution >= 0.6 is 0 Å². The van der Waals surface area contributed by atoms with Crippen LogP contribution in [0.3, 0.4) is 0 Å². The second-order valence-corrected chi connectivity index (χ2v) is 5.26. The van der Waals surface area contributed by atoms with Crippen LogP contribution in [-0.2, 0) is 0 Å². The highest BCUT2D eigenvalue weighted by atomic mass is 16.1. The minimum Gasteiger partial charge on any atom is -0.358 e. The first-order chi connectivity index (χ1) is 8.63. The number of aromatic amines is 1. The normalized spacial score (nSPS) is 14.8. The van der Waals surface area contributed by atoms with Crippen LogP contribution in [-0.4, -0.2) is 4.98 Å². The van der Waals surface area contributed by atoms with Crippen LogP contribution in [0.15, 0.2) is 35.1 Å². The van der Waals surface area contributed by atoms with Crippen LogP contribution in [0.4, 0.5) is 0 Å². The van der Waals surface area contributed by atoms with Gasteiger partial charge in [0.15, 0.2) is 5.43 Å². The zero-order valence-corrected chi connectivity index (χ0v) is 10.8. The van der Waals surface area contributed by atoms with Gasteiger partial charge in [-0.15, -0.1) is 0 Å². The third-order valence-electron chi connectivity index (χ3n) is 3.57. The summed E-state index contributed by atoms with van der Waals surface area (Å²) in [5.41, 5.74) is 5.68. The Morgan fingerprint density at radius 3 is 2.50 bits per heavy atom. The fraction of sp³-hybridized carbons (Fsp3) is 0.312. The van der Waals surface area contributed by atoms with E-state index in [9.17, 15) is 4.79 Å². The van der Waals surface area contributed by atoms with Crippen molar-refractivity contribution in [2.45, 2.75) is 32.6 Å². The molecule has 2 nitrogen and oxygen atoms in total. The molecule has 2 heteroatoms. The second kappa shape index (κ2) is 4.13. The van der Waals surface area contributed by atoms with Gasteiger partial charge in [-0.05, 0) is 43.7 Å². The largest absolute Gasteiger partial charge is 0.358 e. The van der Waals surface area contributed by atoms with E-state index in [0.717, 1.165) is 22.9 Å². The lowest BCUT2D eigenvalue weighted by atomic mass is 10.00. The second-order valence-electron chi connectivity index (χ2n) is 5.26. The van der Waals surface area contributed by atoms with E-state index in [0.29, 0.717) is 0 Å². The molecule has 2 aromatic rings. The van der Waals surface area contributed by atoms with Gasteiger partial charge in [-0.2, -0.15) is 0 Å². The Hall–Kier alpha value is -1.83. The molecule has 0 atom stereocenters. The average molecular weight is 239 g/mol. The molecule has 1 aromatic heterocycles. The molecule has 3 rings (SSSR count). The van der Waals surface area contributed by atoms with Crippen molar-refractivity contribution in [1.29, 1.82) is 0 Å². The Kier molecular flexibility index (Phi) is 2.58. The SMILES string of the molecule is Cc1cc(=O)cc(-c2ccc(C3CC3)cc2C)[nH]1. The fourth-order valence-corrected chi connectivity index (χ4v) is 2.49. The zero-order valence-electron chi connectivity index (χ0n) is 10.8. The smallest absolute Gasteiger partial charge is 0.182 e.